The van der Waals surface area contributed by atoms with E-state index in [1.807, 2.05) is 6.07 Å². The third-order valence-corrected chi connectivity index (χ3v) is 4.53. The molecule has 1 aromatic heterocycles. The Hall–Kier alpha value is -1.44. The number of nitrogens with one attached hydrogen (secondary N) is 1. The van der Waals surface area contributed by atoms with E-state index in [1.54, 1.807) is 5.92 Å². The van der Waals surface area contributed by atoms with Crippen LogP contribution >= 0.6 is 0 Å². The lowest BCUT2D eigenvalue weighted by Crippen LogP contribution is -2.15. The number of anilines is 1. The van der Waals surface area contributed by atoms with Crippen molar-refractivity contribution in [2.45, 2.75) is 46.0 Å². The highest BCUT2D eigenvalue weighted by Crippen LogP contribution is 2.48. The maximum Gasteiger partial charge on any atom is 0.0458 e. The van der Waals surface area contributed by atoms with Crippen molar-refractivity contribution >= 4 is 16.6 Å². The van der Waals surface area contributed by atoms with Gasteiger partial charge in [-0.15, -0.1) is 0 Å². The van der Waals surface area contributed by atoms with Crippen LogP contribution in [-0.4, -0.2) is 4.98 Å². The van der Waals surface area contributed by atoms with Crippen LogP contribution in [0.2, 0.25) is 0 Å². The van der Waals surface area contributed by atoms with E-state index in [-0.39, 0.29) is 0 Å². The maximum absolute atomic E-state index is 5.93. The highest BCUT2D eigenvalue weighted by Gasteiger charge is 2.34. The number of hydrogen-bond acceptors (Lipinski definition) is 1. The van der Waals surface area contributed by atoms with Crippen LogP contribution in [0.4, 0.5) is 5.69 Å². The Balaban J connectivity index is 1.92. The molecule has 3 rings (SSSR count). The highest BCUT2D eigenvalue weighted by atomic mass is 14.7. The van der Waals surface area contributed by atoms with Gasteiger partial charge in [-0.25, -0.2) is 0 Å². The summed E-state index contributed by atoms with van der Waals surface area (Å²) < 4.78 is 0. The van der Waals surface area contributed by atoms with Crippen LogP contribution in [0.15, 0.2) is 24.4 Å². The molecule has 1 aromatic carbocycles. The molecule has 2 aromatic rings. The fourth-order valence-corrected chi connectivity index (χ4v) is 3.29. The van der Waals surface area contributed by atoms with Gasteiger partial charge >= 0.3 is 0 Å². The van der Waals surface area contributed by atoms with Gasteiger partial charge in [-0.3, -0.25) is 0 Å². The van der Waals surface area contributed by atoms with Crippen molar-refractivity contribution in [1.29, 1.82) is 0 Å². The van der Waals surface area contributed by atoms with Crippen LogP contribution < -0.4 is 5.73 Å². The quantitative estimate of drug-likeness (QED) is 0.716. The third-order valence-electron chi connectivity index (χ3n) is 4.53. The number of nitrogens with two attached hydrogens (primary N) is 1. The topological polar surface area (TPSA) is 41.8 Å². The number of aromatic amines is 1. The second kappa shape index (κ2) is 4.29. The van der Waals surface area contributed by atoms with Crippen molar-refractivity contribution in [3.63, 3.8) is 0 Å². The van der Waals surface area contributed by atoms with Crippen LogP contribution in [0.3, 0.4) is 0 Å². The number of nitrogen functional groups attached to an aromatic ring is 1. The van der Waals surface area contributed by atoms with Crippen molar-refractivity contribution < 1.29 is 0 Å². The van der Waals surface area contributed by atoms with E-state index in [0.717, 1.165) is 5.69 Å². The van der Waals surface area contributed by atoms with Gasteiger partial charge in [-0.1, -0.05) is 20.8 Å². The van der Waals surface area contributed by atoms with Gasteiger partial charge in [0, 0.05) is 22.8 Å². The number of aromatic nitrogens is 1. The van der Waals surface area contributed by atoms with Gasteiger partial charge in [0.15, 0.2) is 0 Å². The van der Waals surface area contributed by atoms with Gasteiger partial charge < -0.3 is 10.7 Å². The molecule has 0 spiro atoms. The van der Waals surface area contributed by atoms with E-state index in [4.69, 9.17) is 5.73 Å². The molecule has 3 N–H and O–H groups in total. The molecule has 0 aliphatic heterocycles. The molecule has 2 nitrogen and oxygen atoms in total. The molecule has 1 unspecified atom stereocenters. The summed E-state index contributed by atoms with van der Waals surface area (Å²) in [5.41, 5.74) is 9.78. The number of fused-ring (bicyclic) bond motifs is 1. The van der Waals surface area contributed by atoms with E-state index >= 15 is 0 Å². The van der Waals surface area contributed by atoms with Crippen LogP contribution in [0.25, 0.3) is 10.9 Å². The van der Waals surface area contributed by atoms with Crippen molar-refractivity contribution in [2.24, 2.45) is 5.41 Å². The lowest BCUT2D eigenvalue weighted by molar-refractivity contribution is 0.410. The molecule has 2 heteroatoms. The van der Waals surface area contributed by atoms with Crippen molar-refractivity contribution in [3.8, 4) is 0 Å². The lowest BCUT2D eigenvalue weighted by atomic mass is 9.79. The minimum absolute atomic E-state index is 0.347. The Morgan fingerprint density at radius 1 is 1.26 bits per heavy atom. The Labute approximate surface area is 115 Å². The SMILES string of the molecule is CC(C)(C)[C]1CCC(c2c[nH]c3ccc(N)cc23)C1. The van der Waals surface area contributed by atoms with Crippen LogP contribution in [0, 0.1) is 11.3 Å². The molecule has 1 saturated carbocycles. The minimum atomic E-state index is 0.347. The summed E-state index contributed by atoms with van der Waals surface area (Å²) in [5, 5.41) is 1.31. The monoisotopic (exact) mass is 255 g/mol. The van der Waals surface area contributed by atoms with Gasteiger partial charge in [0.05, 0.1) is 0 Å². The van der Waals surface area contributed by atoms with Gasteiger partial charge in [0.1, 0.15) is 0 Å². The van der Waals surface area contributed by atoms with E-state index in [9.17, 15) is 0 Å². The Morgan fingerprint density at radius 3 is 2.74 bits per heavy atom. The van der Waals surface area contributed by atoms with Crippen molar-refractivity contribution in [1.82, 2.24) is 4.98 Å². The first-order valence-electron chi connectivity index (χ1n) is 7.17. The summed E-state index contributed by atoms with van der Waals surface area (Å²) in [7, 11) is 0. The van der Waals surface area contributed by atoms with Gasteiger partial charge in [0.25, 0.3) is 0 Å². The largest absolute Gasteiger partial charge is 0.399 e. The number of H-pyrrole nitrogens is 1. The molecule has 1 aliphatic rings. The summed E-state index contributed by atoms with van der Waals surface area (Å²) in [6.07, 6.45) is 5.95. The van der Waals surface area contributed by atoms with Crippen molar-refractivity contribution in [2.75, 3.05) is 5.73 Å². The average Bonchev–Trinajstić information content (AvgIpc) is 2.92. The van der Waals surface area contributed by atoms with E-state index in [1.165, 1.54) is 35.7 Å². The molecule has 0 saturated heterocycles. The zero-order chi connectivity index (χ0) is 13.6. The summed E-state index contributed by atoms with van der Waals surface area (Å²) in [6.45, 7) is 6.99. The Bertz CT molecular complexity index is 589. The van der Waals surface area contributed by atoms with E-state index < -0.39 is 0 Å². The second-order valence-corrected chi connectivity index (χ2v) is 6.84. The van der Waals surface area contributed by atoms with Gasteiger partial charge in [-0.2, -0.15) is 0 Å². The smallest absolute Gasteiger partial charge is 0.0458 e. The number of rotatable bonds is 1. The van der Waals surface area contributed by atoms with E-state index in [0.29, 0.717) is 11.3 Å². The summed E-state index contributed by atoms with van der Waals surface area (Å²) in [4.78, 5) is 3.38. The second-order valence-electron chi connectivity index (χ2n) is 6.84. The molecule has 0 bridgehead atoms. The normalized spacial score (nSPS) is 21.3. The van der Waals surface area contributed by atoms with Gasteiger partial charge in [0.2, 0.25) is 0 Å². The summed E-state index contributed by atoms with van der Waals surface area (Å²) in [5.74, 6) is 2.36. The van der Waals surface area contributed by atoms with Crippen molar-refractivity contribution in [3.05, 3.63) is 35.9 Å². The van der Waals surface area contributed by atoms with Crippen LogP contribution in [0.5, 0.6) is 0 Å². The van der Waals surface area contributed by atoms with Crippen LogP contribution in [-0.2, 0) is 0 Å². The lowest BCUT2D eigenvalue weighted by Gasteiger charge is -2.26. The molecule has 19 heavy (non-hydrogen) atoms. The first kappa shape index (κ1) is 12.6. The molecular formula is C17H23N2. The molecule has 101 valence electrons. The summed E-state index contributed by atoms with van der Waals surface area (Å²) in [6, 6.07) is 6.15. The fraction of sp³-hybridized carbons (Fsp3) is 0.471. The number of hydrogen-bond donors (Lipinski definition) is 2. The first-order chi connectivity index (χ1) is 8.95. The maximum atomic E-state index is 5.93. The first-order valence-corrected chi connectivity index (χ1v) is 7.17. The fourth-order valence-electron chi connectivity index (χ4n) is 3.29. The summed E-state index contributed by atoms with van der Waals surface area (Å²) >= 11 is 0. The standard InChI is InChI=1S/C17H23N2/c1-17(2,3)12-5-4-11(8-12)15-10-19-16-7-6-13(18)9-14(15)16/h6-7,9-11,19H,4-5,8,18H2,1-3H3. The zero-order valence-corrected chi connectivity index (χ0v) is 12.1. The number of benzene rings is 1. The zero-order valence-electron chi connectivity index (χ0n) is 12.1. The molecule has 1 atom stereocenters. The predicted molar refractivity (Wildman–Crippen MR) is 82.0 cm³/mol. The Kier molecular flexibility index (Phi) is 2.84. The molecule has 1 radical (unpaired) electrons. The Morgan fingerprint density at radius 2 is 2.05 bits per heavy atom. The third kappa shape index (κ3) is 2.24. The molecule has 1 heterocycles. The minimum Gasteiger partial charge on any atom is -0.399 e. The predicted octanol–water partition coefficient (Wildman–Crippen LogP) is 4.64. The highest BCUT2D eigenvalue weighted by molar-refractivity contribution is 5.86. The molecule has 0 amide bonds. The molecule has 1 aliphatic carbocycles. The average molecular weight is 255 g/mol. The van der Waals surface area contributed by atoms with Crippen LogP contribution in [0.1, 0.15) is 51.5 Å². The molecule has 1 fully saturated rings. The molecular weight excluding hydrogens is 232 g/mol. The van der Waals surface area contributed by atoms with Gasteiger partial charge in [-0.05, 0) is 60.3 Å². The van der Waals surface area contributed by atoms with E-state index in [2.05, 4.69) is 44.1 Å².